The maximum Gasteiger partial charge on any atom is 0.341 e. The molecule has 2 aromatic rings. The first-order valence-electron chi connectivity index (χ1n) is 6.27. The topological polar surface area (TPSA) is 52.6 Å². The van der Waals surface area contributed by atoms with E-state index < -0.39 is 17.5 Å². The summed E-state index contributed by atoms with van der Waals surface area (Å²) >= 11 is 5.82. The van der Waals surface area contributed by atoms with E-state index in [0.717, 1.165) is 0 Å². The molecule has 0 aromatic heterocycles. The van der Waals surface area contributed by atoms with Crippen LogP contribution in [0, 0.1) is 0 Å². The lowest BCUT2D eigenvalue weighted by molar-refractivity contribution is -0.149. The fourth-order valence-corrected chi connectivity index (χ4v) is 2.52. The number of rotatable bonds is 3. The molecule has 1 heterocycles. The second-order valence-electron chi connectivity index (χ2n) is 4.59. The number of carbonyl (C=O) groups is 2. The first kappa shape index (κ1) is 13.8. The minimum absolute atomic E-state index is 0.335. The van der Waals surface area contributed by atoms with Crippen LogP contribution in [-0.4, -0.2) is 18.9 Å². The Morgan fingerprint density at radius 2 is 1.81 bits per heavy atom. The molecule has 21 heavy (non-hydrogen) atoms. The van der Waals surface area contributed by atoms with Crippen LogP contribution in [0.5, 0.6) is 0 Å². The van der Waals surface area contributed by atoms with Gasteiger partial charge in [-0.05, 0) is 30.3 Å². The van der Waals surface area contributed by atoms with E-state index in [1.165, 1.54) is 7.11 Å². The molecule has 0 radical (unpaired) electrons. The van der Waals surface area contributed by atoms with Crippen LogP contribution < -0.4 is 0 Å². The fourth-order valence-electron chi connectivity index (χ4n) is 2.39. The Kier molecular flexibility index (Phi) is 3.27. The molecule has 0 bridgehead atoms. The van der Waals surface area contributed by atoms with Crippen molar-refractivity contribution in [2.75, 3.05) is 7.11 Å². The molecule has 1 atom stereocenters. The zero-order valence-electron chi connectivity index (χ0n) is 11.1. The number of fused-ring (bicyclic) bond motifs is 1. The first-order valence-corrected chi connectivity index (χ1v) is 6.64. The molecular weight excluding hydrogens is 292 g/mol. The number of carbonyl (C=O) groups excluding carboxylic acids is 2. The number of ether oxygens (including phenoxy) is 2. The predicted molar refractivity (Wildman–Crippen MR) is 76.3 cm³/mol. The van der Waals surface area contributed by atoms with Crippen LogP contribution in [0.25, 0.3) is 0 Å². The average molecular weight is 303 g/mol. The second kappa shape index (κ2) is 4.98. The van der Waals surface area contributed by atoms with Gasteiger partial charge in [0, 0.05) is 23.3 Å². The molecule has 0 saturated heterocycles. The van der Waals surface area contributed by atoms with Gasteiger partial charge in [-0.2, -0.15) is 0 Å². The van der Waals surface area contributed by atoms with Crippen molar-refractivity contribution in [1.82, 2.24) is 0 Å². The van der Waals surface area contributed by atoms with Crippen LogP contribution in [0.2, 0.25) is 5.02 Å². The molecule has 5 heteroatoms. The van der Waals surface area contributed by atoms with E-state index in [9.17, 15) is 9.59 Å². The Morgan fingerprint density at radius 3 is 2.48 bits per heavy atom. The van der Waals surface area contributed by atoms with Gasteiger partial charge < -0.3 is 9.47 Å². The summed E-state index contributed by atoms with van der Waals surface area (Å²) in [6, 6.07) is 13.0. The molecule has 0 spiro atoms. The number of hydrogen-bond donors (Lipinski definition) is 0. The summed E-state index contributed by atoms with van der Waals surface area (Å²) in [6.07, 6.45) is 0. The van der Waals surface area contributed by atoms with Crippen molar-refractivity contribution in [3.05, 3.63) is 70.2 Å². The van der Waals surface area contributed by atoms with Gasteiger partial charge in [-0.15, -0.1) is 0 Å². The van der Waals surface area contributed by atoms with Gasteiger partial charge in [0.1, 0.15) is 0 Å². The van der Waals surface area contributed by atoms with Crippen molar-refractivity contribution >= 4 is 23.4 Å². The van der Waals surface area contributed by atoms with E-state index in [2.05, 4.69) is 0 Å². The Morgan fingerprint density at radius 1 is 1.14 bits per heavy atom. The number of hydrogen-bond acceptors (Lipinski definition) is 4. The number of esters is 1. The third-order valence-electron chi connectivity index (χ3n) is 3.43. The van der Waals surface area contributed by atoms with E-state index in [1.807, 2.05) is 0 Å². The highest BCUT2D eigenvalue weighted by Crippen LogP contribution is 2.39. The molecule has 1 aliphatic heterocycles. The maximum atomic E-state index is 12.8. The van der Waals surface area contributed by atoms with E-state index >= 15 is 0 Å². The van der Waals surface area contributed by atoms with Gasteiger partial charge in [0.15, 0.2) is 0 Å². The maximum absolute atomic E-state index is 12.8. The molecule has 1 aliphatic rings. The number of halogens is 1. The summed E-state index contributed by atoms with van der Waals surface area (Å²) in [5.41, 5.74) is 1.10. The Balaban J connectivity index is 2.12. The van der Waals surface area contributed by atoms with E-state index in [4.69, 9.17) is 21.1 Å². The van der Waals surface area contributed by atoms with Crippen LogP contribution >= 0.6 is 11.6 Å². The van der Waals surface area contributed by atoms with Crippen molar-refractivity contribution in [2.45, 2.75) is 5.79 Å². The standard InChI is InChI=1S/C16H11ClO4/c1-20-16(14(18)10-6-8-11(17)9-7-10)13-5-3-2-4-12(13)15(19)21-16/h2-9H,1H3. The van der Waals surface area contributed by atoms with E-state index in [1.54, 1.807) is 48.5 Å². The second-order valence-corrected chi connectivity index (χ2v) is 5.03. The molecular formula is C16H11ClO4. The highest BCUT2D eigenvalue weighted by atomic mass is 35.5. The number of methoxy groups -OCH3 is 1. The summed E-state index contributed by atoms with van der Waals surface area (Å²) in [4.78, 5) is 24.7. The largest absolute Gasteiger partial charge is 0.417 e. The van der Waals surface area contributed by atoms with Gasteiger partial charge in [0.2, 0.25) is 5.78 Å². The quantitative estimate of drug-likeness (QED) is 0.645. The lowest BCUT2D eigenvalue weighted by Gasteiger charge is -2.25. The molecule has 0 amide bonds. The zero-order valence-corrected chi connectivity index (χ0v) is 11.9. The number of cyclic esters (lactones) is 1. The van der Waals surface area contributed by atoms with Crippen LogP contribution in [-0.2, 0) is 15.3 Å². The highest BCUT2D eigenvalue weighted by Gasteiger charge is 2.52. The normalized spacial score (nSPS) is 20.0. The van der Waals surface area contributed by atoms with Gasteiger partial charge in [0.05, 0.1) is 5.56 Å². The zero-order chi connectivity index (χ0) is 15.0. The van der Waals surface area contributed by atoms with Gasteiger partial charge in [-0.3, -0.25) is 4.79 Å². The number of benzene rings is 2. The van der Waals surface area contributed by atoms with Gasteiger partial charge in [-0.1, -0.05) is 29.8 Å². The summed E-state index contributed by atoms with van der Waals surface area (Å²) < 4.78 is 10.6. The molecule has 3 rings (SSSR count). The molecule has 1 unspecified atom stereocenters. The number of Topliss-reactive ketones (excluding diaryl/α,β-unsaturated/α-hetero) is 1. The summed E-state index contributed by atoms with van der Waals surface area (Å²) in [5.74, 6) is -2.75. The van der Waals surface area contributed by atoms with Crippen molar-refractivity contribution in [3.8, 4) is 0 Å². The Labute approximate surface area is 126 Å². The summed E-state index contributed by atoms with van der Waals surface area (Å²) in [5, 5.41) is 0.516. The molecule has 2 aromatic carbocycles. The molecule has 0 aliphatic carbocycles. The minimum atomic E-state index is -1.73. The van der Waals surface area contributed by atoms with Gasteiger partial charge in [0.25, 0.3) is 0 Å². The van der Waals surface area contributed by atoms with Crippen LogP contribution in [0.15, 0.2) is 48.5 Å². The lowest BCUT2D eigenvalue weighted by Crippen LogP contribution is -2.38. The van der Waals surface area contributed by atoms with Crippen molar-refractivity contribution in [3.63, 3.8) is 0 Å². The molecule has 0 fully saturated rings. The Bertz CT molecular complexity index is 723. The molecule has 0 N–H and O–H groups in total. The minimum Gasteiger partial charge on any atom is -0.417 e. The van der Waals surface area contributed by atoms with Crippen LogP contribution in [0.1, 0.15) is 26.3 Å². The summed E-state index contributed by atoms with van der Waals surface area (Å²) in [6.45, 7) is 0. The lowest BCUT2D eigenvalue weighted by atomic mass is 9.94. The van der Waals surface area contributed by atoms with Crippen LogP contribution in [0.3, 0.4) is 0 Å². The third kappa shape index (κ3) is 2.04. The average Bonchev–Trinajstić information content (AvgIpc) is 2.81. The molecule has 4 nitrogen and oxygen atoms in total. The first-order chi connectivity index (χ1) is 10.1. The monoisotopic (exact) mass is 302 g/mol. The van der Waals surface area contributed by atoms with Gasteiger partial charge >= 0.3 is 11.8 Å². The van der Waals surface area contributed by atoms with Gasteiger partial charge in [-0.25, -0.2) is 4.79 Å². The number of ketones is 1. The fraction of sp³-hybridized carbons (Fsp3) is 0.125. The van der Waals surface area contributed by atoms with E-state index in [0.29, 0.717) is 21.7 Å². The van der Waals surface area contributed by atoms with Crippen molar-refractivity contribution in [1.29, 1.82) is 0 Å². The van der Waals surface area contributed by atoms with Crippen molar-refractivity contribution < 1.29 is 19.1 Å². The molecule has 0 saturated carbocycles. The molecule has 106 valence electrons. The van der Waals surface area contributed by atoms with E-state index in [-0.39, 0.29) is 0 Å². The Hall–Kier alpha value is -2.17. The highest BCUT2D eigenvalue weighted by molar-refractivity contribution is 6.30. The predicted octanol–water partition coefficient (Wildman–Crippen LogP) is 3.19. The van der Waals surface area contributed by atoms with Crippen LogP contribution in [0.4, 0.5) is 0 Å². The van der Waals surface area contributed by atoms with Crippen molar-refractivity contribution in [2.24, 2.45) is 0 Å². The smallest absolute Gasteiger partial charge is 0.341 e. The summed E-state index contributed by atoms with van der Waals surface area (Å²) in [7, 11) is 1.34. The SMILES string of the molecule is COC1(C(=O)c2ccc(Cl)cc2)OC(=O)c2ccccc21. The third-order valence-corrected chi connectivity index (χ3v) is 3.68.